The van der Waals surface area contributed by atoms with Crippen LogP contribution in [0.1, 0.15) is 12.5 Å². The van der Waals surface area contributed by atoms with Gasteiger partial charge in [-0.05, 0) is 35.6 Å². The van der Waals surface area contributed by atoms with Crippen molar-refractivity contribution in [3.05, 3.63) is 39.7 Å². The smallest absolute Gasteiger partial charge is 0.155 e. The summed E-state index contributed by atoms with van der Waals surface area (Å²) in [5, 5.41) is 9.07. The Bertz CT molecular complexity index is 357. The van der Waals surface area contributed by atoms with Crippen LogP contribution >= 0.6 is 27.7 Å². The number of benzene rings is 1. The molecule has 0 amide bonds. The molecule has 0 saturated heterocycles. The third kappa shape index (κ3) is 3.55. The van der Waals surface area contributed by atoms with E-state index in [1.807, 2.05) is 36.6 Å². The fourth-order valence-corrected chi connectivity index (χ4v) is 1.64. The van der Waals surface area contributed by atoms with Gasteiger partial charge in [-0.15, -0.1) is 0 Å². The van der Waals surface area contributed by atoms with Crippen LogP contribution in [-0.4, -0.2) is 5.17 Å². The fourth-order valence-electron chi connectivity index (χ4n) is 0.933. The van der Waals surface area contributed by atoms with Crippen LogP contribution in [0.4, 0.5) is 0 Å². The van der Waals surface area contributed by atoms with Crippen LogP contribution in [0.3, 0.4) is 0 Å². The Kier molecular flexibility index (Phi) is 4.22. The summed E-state index contributed by atoms with van der Waals surface area (Å²) in [7, 11) is 0. The van der Waals surface area contributed by atoms with Gasteiger partial charge in [0.25, 0.3) is 0 Å². The molecule has 0 aromatic heterocycles. The Morgan fingerprint density at radius 3 is 2.50 bits per heavy atom. The van der Waals surface area contributed by atoms with Gasteiger partial charge in [-0.3, -0.25) is 5.41 Å². The number of halogens is 1. The minimum absolute atomic E-state index is 0.112. The molecule has 0 aliphatic carbocycles. The minimum atomic E-state index is 0.112. The van der Waals surface area contributed by atoms with Crippen molar-refractivity contribution >= 4 is 38.4 Å². The summed E-state index contributed by atoms with van der Waals surface area (Å²) in [6.45, 7) is 2.00. The van der Waals surface area contributed by atoms with Crippen molar-refractivity contribution in [1.29, 1.82) is 5.41 Å². The summed E-state index contributed by atoms with van der Waals surface area (Å²) in [4.78, 5) is 0. The maximum atomic E-state index is 7.07. The van der Waals surface area contributed by atoms with E-state index in [1.54, 1.807) is 0 Å². The van der Waals surface area contributed by atoms with Gasteiger partial charge in [-0.1, -0.05) is 39.8 Å². The predicted octanol–water partition coefficient (Wildman–Crippen LogP) is 3.44. The quantitative estimate of drug-likeness (QED) is 0.639. The minimum Gasteiger partial charge on any atom is -0.378 e. The molecule has 3 N–H and O–H groups in total. The van der Waals surface area contributed by atoms with Crippen molar-refractivity contribution in [1.82, 2.24) is 0 Å². The molecule has 0 atom stereocenters. The summed E-state index contributed by atoms with van der Waals surface area (Å²) >= 11 is 4.60. The third-order valence-corrected chi connectivity index (χ3v) is 2.92. The maximum Gasteiger partial charge on any atom is 0.155 e. The lowest BCUT2D eigenvalue weighted by molar-refractivity contribution is 1.51. The van der Waals surface area contributed by atoms with Crippen LogP contribution in [0, 0.1) is 5.41 Å². The fraction of sp³-hybridized carbons (Fsp3) is 0.100. The molecular weight excluding hydrogens is 260 g/mol. The molecule has 0 aliphatic rings. The molecule has 0 radical (unpaired) electrons. The highest BCUT2D eigenvalue weighted by Crippen LogP contribution is 2.19. The molecule has 0 bridgehead atoms. The molecule has 0 unspecified atom stereocenters. The molecule has 1 aromatic carbocycles. The number of nitrogens with one attached hydrogen (secondary N) is 1. The Labute approximate surface area is 96.2 Å². The summed E-state index contributed by atoms with van der Waals surface area (Å²) in [5.74, 6) is 0. The molecule has 0 heterocycles. The van der Waals surface area contributed by atoms with E-state index in [9.17, 15) is 0 Å². The predicted molar refractivity (Wildman–Crippen MR) is 67.3 cm³/mol. The first kappa shape index (κ1) is 11.3. The molecule has 4 heteroatoms. The lowest BCUT2D eigenvalue weighted by Crippen LogP contribution is -2.01. The van der Waals surface area contributed by atoms with Crippen molar-refractivity contribution < 1.29 is 0 Å². The number of allylic oxidation sites excluding steroid dienone is 1. The zero-order valence-corrected chi connectivity index (χ0v) is 10.2. The Balaban J connectivity index is 2.78. The molecule has 0 saturated carbocycles. The van der Waals surface area contributed by atoms with Crippen LogP contribution < -0.4 is 5.73 Å². The molecule has 14 heavy (non-hydrogen) atoms. The van der Waals surface area contributed by atoms with Crippen molar-refractivity contribution in [2.75, 3.05) is 0 Å². The number of nitrogens with two attached hydrogens (primary N) is 1. The summed E-state index contributed by atoms with van der Waals surface area (Å²) in [5.41, 5.74) is 7.49. The summed E-state index contributed by atoms with van der Waals surface area (Å²) in [6, 6.07) is 8.03. The highest BCUT2D eigenvalue weighted by Gasteiger charge is 1.95. The van der Waals surface area contributed by atoms with Gasteiger partial charge in [0.2, 0.25) is 0 Å². The average molecular weight is 271 g/mol. The van der Waals surface area contributed by atoms with Gasteiger partial charge < -0.3 is 5.73 Å². The van der Waals surface area contributed by atoms with Crippen LogP contribution in [0.5, 0.6) is 0 Å². The Hall–Kier alpha value is -0.740. The highest BCUT2D eigenvalue weighted by molar-refractivity contribution is 9.10. The molecule has 0 fully saturated rings. The van der Waals surface area contributed by atoms with Gasteiger partial charge in [-0.25, -0.2) is 0 Å². The SMILES string of the molecule is C/C(=C\SC(=N)N)c1ccc(Br)cc1. The van der Waals surface area contributed by atoms with E-state index in [0.29, 0.717) is 0 Å². The molecule has 0 spiro atoms. The van der Waals surface area contributed by atoms with Gasteiger partial charge in [0.05, 0.1) is 0 Å². The van der Waals surface area contributed by atoms with E-state index in [2.05, 4.69) is 15.9 Å². The van der Waals surface area contributed by atoms with E-state index < -0.39 is 0 Å². The second-order valence-corrected chi connectivity index (χ2v) is 4.62. The van der Waals surface area contributed by atoms with Crippen molar-refractivity contribution in [3.8, 4) is 0 Å². The largest absolute Gasteiger partial charge is 0.378 e. The number of rotatable bonds is 2. The van der Waals surface area contributed by atoms with E-state index >= 15 is 0 Å². The first-order valence-corrected chi connectivity index (χ1v) is 5.70. The average Bonchev–Trinajstić information content (AvgIpc) is 2.15. The summed E-state index contributed by atoms with van der Waals surface area (Å²) in [6.07, 6.45) is 0. The van der Waals surface area contributed by atoms with E-state index in [0.717, 1.165) is 15.6 Å². The van der Waals surface area contributed by atoms with Crippen LogP contribution in [0.15, 0.2) is 34.1 Å². The van der Waals surface area contributed by atoms with Gasteiger partial charge in [0.15, 0.2) is 5.17 Å². The number of amidine groups is 1. The first-order valence-electron chi connectivity index (χ1n) is 4.03. The van der Waals surface area contributed by atoms with E-state index in [-0.39, 0.29) is 5.17 Å². The lowest BCUT2D eigenvalue weighted by atomic mass is 10.1. The number of thioether (sulfide) groups is 1. The molecule has 1 aromatic rings. The topological polar surface area (TPSA) is 49.9 Å². The van der Waals surface area contributed by atoms with Crippen LogP contribution in [0.25, 0.3) is 5.57 Å². The maximum absolute atomic E-state index is 7.07. The van der Waals surface area contributed by atoms with Crippen molar-refractivity contribution in [3.63, 3.8) is 0 Å². The molecule has 2 nitrogen and oxygen atoms in total. The van der Waals surface area contributed by atoms with Gasteiger partial charge in [0, 0.05) is 4.47 Å². The molecule has 1 rings (SSSR count). The zero-order chi connectivity index (χ0) is 10.6. The van der Waals surface area contributed by atoms with Crippen molar-refractivity contribution in [2.45, 2.75) is 6.92 Å². The number of hydrogen-bond donors (Lipinski definition) is 2. The monoisotopic (exact) mass is 270 g/mol. The van der Waals surface area contributed by atoms with Crippen LogP contribution in [0.2, 0.25) is 0 Å². The third-order valence-electron chi connectivity index (χ3n) is 1.66. The normalized spacial score (nSPS) is 11.4. The highest BCUT2D eigenvalue weighted by atomic mass is 79.9. The first-order chi connectivity index (χ1) is 6.59. The second kappa shape index (κ2) is 5.22. The number of hydrogen-bond acceptors (Lipinski definition) is 2. The molecule has 0 aliphatic heterocycles. The molecular formula is C10H11BrN2S. The zero-order valence-electron chi connectivity index (χ0n) is 7.75. The Morgan fingerprint density at radius 2 is 2.00 bits per heavy atom. The van der Waals surface area contributed by atoms with Gasteiger partial charge in [0.1, 0.15) is 0 Å². The lowest BCUT2D eigenvalue weighted by Gasteiger charge is -2.01. The van der Waals surface area contributed by atoms with Gasteiger partial charge in [-0.2, -0.15) is 0 Å². The van der Waals surface area contributed by atoms with E-state index in [1.165, 1.54) is 11.8 Å². The Morgan fingerprint density at radius 1 is 1.43 bits per heavy atom. The van der Waals surface area contributed by atoms with Crippen LogP contribution in [-0.2, 0) is 0 Å². The molecule has 74 valence electrons. The van der Waals surface area contributed by atoms with Crippen molar-refractivity contribution in [2.24, 2.45) is 5.73 Å². The second-order valence-electron chi connectivity index (χ2n) is 2.79. The van der Waals surface area contributed by atoms with E-state index in [4.69, 9.17) is 11.1 Å². The summed E-state index contributed by atoms with van der Waals surface area (Å²) < 4.78 is 1.06. The standard InChI is InChI=1S/C10H11BrN2S/c1-7(6-14-10(12)13)8-2-4-9(11)5-3-8/h2-6H,1H3,(H3,12,13)/b7-6+. The van der Waals surface area contributed by atoms with Gasteiger partial charge >= 0.3 is 0 Å².